The van der Waals surface area contributed by atoms with Crippen molar-refractivity contribution in [3.05, 3.63) is 35.4 Å². The largest absolute Gasteiger partial charge is 0.384 e. The van der Waals surface area contributed by atoms with Crippen LogP contribution in [0.4, 0.5) is 5.82 Å². The van der Waals surface area contributed by atoms with Crippen molar-refractivity contribution < 1.29 is 0 Å². The molecular weight excluding hydrogens is 234 g/mol. The lowest BCUT2D eigenvalue weighted by molar-refractivity contribution is 0.489. The lowest BCUT2D eigenvalue weighted by Crippen LogP contribution is -2.09. The van der Waals surface area contributed by atoms with Gasteiger partial charge in [0.05, 0.1) is 5.69 Å². The monoisotopic (exact) mass is 249 g/mol. The Labute approximate surface area is 106 Å². The summed E-state index contributed by atoms with van der Waals surface area (Å²) in [7, 11) is 0. The van der Waals surface area contributed by atoms with Gasteiger partial charge in [0, 0.05) is 23.2 Å². The quantitative estimate of drug-likeness (QED) is 0.906. The van der Waals surface area contributed by atoms with Crippen molar-refractivity contribution in [3.8, 4) is 11.3 Å². The summed E-state index contributed by atoms with van der Waals surface area (Å²) in [5, 5.41) is 5.20. The summed E-state index contributed by atoms with van der Waals surface area (Å²) in [5.41, 5.74) is 7.79. The number of anilines is 1. The predicted molar refractivity (Wildman–Crippen MR) is 71.9 cm³/mol. The van der Waals surface area contributed by atoms with E-state index in [4.69, 9.17) is 17.3 Å². The van der Waals surface area contributed by atoms with Crippen LogP contribution in [0.1, 0.15) is 13.8 Å². The van der Waals surface area contributed by atoms with E-state index in [0.29, 0.717) is 16.8 Å². The standard InChI is InChI=1S/C13H16ClN3/c1-9(2)8-17-13(15)7-12(16-17)10-4-3-5-11(14)6-10/h3-7,9H,8,15H2,1-2H3. The molecule has 17 heavy (non-hydrogen) atoms. The molecule has 1 aromatic heterocycles. The van der Waals surface area contributed by atoms with Crippen LogP contribution in [-0.4, -0.2) is 9.78 Å². The molecule has 0 amide bonds. The number of rotatable bonds is 3. The van der Waals surface area contributed by atoms with Gasteiger partial charge in [-0.15, -0.1) is 0 Å². The topological polar surface area (TPSA) is 43.8 Å². The van der Waals surface area contributed by atoms with Crippen LogP contribution >= 0.6 is 11.6 Å². The minimum absolute atomic E-state index is 0.518. The second-order valence-corrected chi connectivity index (χ2v) is 4.98. The van der Waals surface area contributed by atoms with Crippen molar-refractivity contribution >= 4 is 17.4 Å². The Morgan fingerprint density at radius 2 is 2.12 bits per heavy atom. The lowest BCUT2D eigenvalue weighted by atomic mass is 10.1. The molecular formula is C13H16ClN3. The maximum Gasteiger partial charge on any atom is 0.122 e. The average molecular weight is 250 g/mol. The Hall–Kier alpha value is -1.48. The molecule has 0 aliphatic rings. The van der Waals surface area contributed by atoms with Crippen LogP contribution in [0.2, 0.25) is 5.02 Å². The molecule has 1 aromatic carbocycles. The molecule has 90 valence electrons. The number of halogens is 1. The van der Waals surface area contributed by atoms with Gasteiger partial charge in [-0.3, -0.25) is 0 Å². The third kappa shape index (κ3) is 2.80. The highest BCUT2D eigenvalue weighted by atomic mass is 35.5. The number of nitrogen functional groups attached to an aromatic ring is 1. The smallest absolute Gasteiger partial charge is 0.122 e. The summed E-state index contributed by atoms with van der Waals surface area (Å²) < 4.78 is 1.83. The van der Waals surface area contributed by atoms with Crippen molar-refractivity contribution in [2.75, 3.05) is 5.73 Å². The number of hydrogen-bond donors (Lipinski definition) is 1. The van der Waals surface area contributed by atoms with E-state index in [1.54, 1.807) is 0 Å². The van der Waals surface area contributed by atoms with E-state index in [0.717, 1.165) is 17.8 Å². The Morgan fingerprint density at radius 3 is 2.76 bits per heavy atom. The van der Waals surface area contributed by atoms with Crippen LogP contribution in [0, 0.1) is 5.92 Å². The summed E-state index contributed by atoms with van der Waals surface area (Å²) >= 11 is 5.96. The number of hydrogen-bond acceptors (Lipinski definition) is 2. The number of nitrogens with zero attached hydrogens (tertiary/aromatic N) is 2. The highest BCUT2D eigenvalue weighted by molar-refractivity contribution is 6.30. The van der Waals surface area contributed by atoms with Gasteiger partial charge in [-0.2, -0.15) is 5.10 Å². The molecule has 0 radical (unpaired) electrons. The van der Waals surface area contributed by atoms with Gasteiger partial charge in [-0.1, -0.05) is 37.6 Å². The Morgan fingerprint density at radius 1 is 1.35 bits per heavy atom. The van der Waals surface area contributed by atoms with Gasteiger partial charge < -0.3 is 5.73 Å². The average Bonchev–Trinajstić information content (AvgIpc) is 2.59. The molecule has 2 rings (SSSR count). The molecule has 0 aliphatic heterocycles. The van der Waals surface area contributed by atoms with Crippen molar-refractivity contribution in [1.82, 2.24) is 9.78 Å². The van der Waals surface area contributed by atoms with Crippen molar-refractivity contribution in [1.29, 1.82) is 0 Å². The van der Waals surface area contributed by atoms with Crippen LogP contribution in [-0.2, 0) is 6.54 Å². The molecule has 0 atom stereocenters. The van der Waals surface area contributed by atoms with E-state index in [9.17, 15) is 0 Å². The van der Waals surface area contributed by atoms with Crippen LogP contribution in [0.5, 0.6) is 0 Å². The zero-order chi connectivity index (χ0) is 12.4. The maximum absolute atomic E-state index is 5.96. The molecule has 0 spiro atoms. The van der Waals surface area contributed by atoms with E-state index < -0.39 is 0 Å². The Bertz CT molecular complexity index is 517. The fourth-order valence-electron chi connectivity index (χ4n) is 1.71. The molecule has 0 aliphatic carbocycles. The summed E-state index contributed by atoms with van der Waals surface area (Å²) in [6.07, 6.45) is 0. The van der Waals surface area contributed by atoms with E-state index >= 15 is 0 Å². The predicted octanol–water partition coefficient (Wildman–Crippen LogP) is 3.44. The third-order valence-electron chi connectivity index (χ3n) is 2.47. The highest BCUT2D eigenvalue weighted by Crippen LogP contribution is 2.23. The first-order valence-corrected chi connectivity index (χ1v) is 6.03. The van der Waals surface area contributed by atoms with Crippen LogP contribution in [0.15, 0.2) is 30.3 Å². The molecule has 2 N–H and O–H groups in total. The van der Waals surface area contributed by atoms with E-state index in [1.807, 2.05) is 35.0 Å². The van der Waals surface area contributed by atoms with Gasteiger partial charge in [0.15, 0.2) is 0 Å². The molecule has 3 nitrogen and oxygen atoms in total. The first kappa shape index (κ1) is 12.0. The summed E-state index contributed by atoms with van der Waals surface area (Å²) in [6.45, 7) is 5.10. The second kappa shape index (κ2) is 4.80. The minimum atomic E-state index is 0.518. The van der Waals surface area contributed by atoms with Crippen molar-refractivity contribution in [3.63, 3.8) is 0 Å². The van der Waals surface area contributed by atoms with E-state index in [-0.39, 0.29) is 0 Å². The van der Waals surface area contributed by atoms with Gasteiger partial charge in [0.1, 0.15) is 5.82 Å². The van der Waals surface area contributed by atoms with Crippen LogP contribution < -0.4 is 5.73 Å². The Kier molecular flexibility index (Phi) is 3.38. The van der Waals surface area contributed by atoms with Gasteiger partial charge in [-0.25, -0.2) is 4.68 Å². The summed E-state index contributed by atoms with van der Waals surface area (Å²) in [4.78, 5) is 0. The molecule has 0 saturated heterocycles. The van der Waals surface area contributed by atoms with Gasteiger partial charge in [0.25, 0.3) is 0 Å². The first-order valence-electron chi connectivity index (χ1n) is 5.65. The van der Waals surface area contributed by atoms with Crippen LogP contribution in [0.3, 0.4) is 0 Å². The number of benzene rings is 1. The number of nitrogens with two attached hydrogens (primary N) is 1. The third-order valence-corrected chi connectivity index (χ3v) is 2.70. The molecule has 0 saturated carbocycles. The van der Waals surface area contributed by atoms with Crippen molar-refractivity contribution in [2.45, 2.75) is 20.4 Å². The van der Waals surface area contributed by atoms with Gasteiger partial charge >= 0.3 is 0 Å². The zero-order valence-electron chi connectivity index (χ0n) is 10.0. The lowest BCUT2D eigenvalue weighted by Gasteiger charge is -2.06. The van der Waals surface area contributed by atoms with Crippen LogP contribution in [0.25, 0.3) is 11.3 Å². The molecule has 0 bridgehead atoms. The van der Waals surface area contributed by atoms with Gasteiger partial charge in [0.2, 0.25) is 0 Å². The summed E-state index contributed by atoms with van der Waals surface area (Å²) in [6, 6.07) is 9.51. The summed E-state index contributed by atoms with van der Waals surface area (Å²) in [5.74, 6) is 1.21. The molecule has 2 aromatic rings. The fraction of sp³-hybridized carbons (Fsp3) is 0.308. The normalized spacial score (nSPS) is 11.1. The maximum atomic E-state index is 5.96. The molecule has 1 heterocycles. The molecule has 0 fully saturated rings. The highest BCUT2D eigenvalue weighted by Gasteiger charge is 2.08. The van der Waals surface area contributed by atoms with Crippen molar-refractivity contribution in [2.24, 2.45) is 5.92 Å². The molecule has 0 unspecified atom stereocenters. The van der Waals surface area contributed by atoms with E-state index in [1.165, 1.54) is 0 Å². The SMILES string of the molecule is CC(C)Cn1nc(-c2cccc(Cl)c2)cc1N. The Balaban J connectivity index is 2.34. The number of aromatic nitrogens is 2. The first-order chi connectivity index (χ1) is 8.06. The van der Waals surface area contributed by atoms with E-state index in [2.05, 4.69) is 18.9 Å². The van der Waals surface area contributed by atoms with Gasteiger partial charge in [-0.05, 0) is 18.1 Å². The second-order valence-electron chi connectivity index (χ2n) is 4.54. The zero-order valence-corrected chi connectivity index (χ0v) is 10.8. The molecule has 4 heteroatoms. The fourth-order valence-corrected chi connectivity index (χ4v) is 1.90. The minimum Gasteiger partial charge on any atom is -0.384 e.